The molecular formula is C21H38N4O2S. The van der Waals surface area contributed by atoms with Crippen molar-refractivity contribution >= 4 is 28.9 Å². The summed E-state index contributed by atoms with van der Waals surface area (Å²) in [6, 6.07) is -0.724. The largest absolute Gasteiger partial charge is 0.336 e. The number of aliphatic imine (C=N–C) groups is 1. The third kappa shape index (κ3) is 6.39. The molecule has 0 aromatic rings. The molecule has 2 unspecified atom stereocenters. The molecule has 0 bridgehead atoms. The first kappa shape index (κ1) is 23.0. The Hall–Kier alpha value is -1.24. The van der Waals surface area contributed by atoms with Gasteiger partial charge in [-0.15, -0.1) is 0 Å². The summed E-state index contributed by atoms with van der Waals surface area (Å²) in [6.45, 7) is 5.26. The lowest BCUT2D eigenvalue weighted by atomic mass is 10.1. The van der Waals surface area contributed by atoms with Gasteiger partial charge in [0, 0.05) is 19.3 Å². The van der Waals surface area contributed by atoms with Crippen molar-refractivity contribution < 1.29 is 9.59 Å². The lowest BCUT2D eigenvalue weighted by Gasteiger charge is -2.36. The van der Waals surface area contributed by atoms with Crippen LogP contribution in [0.15, 0.2) is 4.99 Å². The number of likely N-dealkylation sites (N-methyl/N-ethyl adjacent to an activating group) is 1. The molecule has 0 spiro atoms. The Balaban J connectivity index is 1.82. The van der Waals surface area contributed by atoms with E-state index in [-0.39, 0.29) is 24.1 Å². The van der Waals surface area contributed by atoms with Crippen molar-refractivity contribution in [1.29, 1.82) is 0 Å². The topological polar surface area (TPSA) is 65.0 Å². The summed E-state index contributed by atoms with van der Waals surface area (Å²) < 4.78 is 0. The molecule has 7 heteroatoms. The van der Waals surface area contributed by atoms with Crippen LogP contribution in [0.3, 0.4) is 0 Å². The van der Waals surface area contributed by atoms with E-state index in [1.807, 2.05) is 0 Å². The minimum atomic E-state index is -0.385. The summed E-state index contributed by atoms with van der Waals surface area (Å²) >= 11 is 1.75. The molecule has 3 amide bonds. The predicted octanol–water partition coefficient (Wildman–Crippen LogP) is 4.60. The molecule has 1 fully saturated rings. The number of nitrogens with one attached hydrogen (secondary N) is 1. The highest BCUT2D eigenvalue weighted by Crippen LogP contribution is 2.29. The minimum absolute atomic E-state index is 0.212. The average molecular weight is 411 g/mol. The first-order chi connectivity index (χ1) is 13.6. The summed E-state index contributed by atoms with van der Waals surface area (Å²) in [5, 5.41) is 3.41. The van der Waals surface area contributed by atoms with Crippen LogP contribution in [-0.2, 0) is 4.79 Å². The summed E-state index contributed by atoms with van der Waals surface area (Å²) in [5.74, 6) is 0.813. The van der Waals surface area contributed by atoms with Gasteiger partial charge in [0.15, 0.2) is 17.4 Å². The average Bonchev–Trinajstić information content (AvgIpc) is 3.04. The Kier molecular flexibility index (Phi) is 10.2. The highest BCUT2D eigenvalue weighted by atomic mass is 32.2. The van der Waals surface area contributed by atoms with E-state index in [1.165, 1.54) is 51.4 Å². The smallest absolute Gasteiger partial charge is 0.325 e. The first-order valence-corrected chi connectivity index (χ1v) is 12.1. The number of urea groups is 1. The molecule has 0 aliphatic carbocycles. The third-order valence-corrected chi connectivity index (χ3v) is 6.65. The quantitative estimate of drug-likeness (QED) is 0.451. The highest BCUT2D eigenvalue weighted by Gasteiger charge is 2.48. The Bertz CT molecular complexity index is 540. The summed E-state index contributed by atoms with van der Waals surface area (Å²) in [6.07, 6.45) is 13.4. The van der Waals surface area contributed by atoms with Gasteiger partial charge in [0.2, 0.25) is 0 Å². The number of amidine groups is 1. The molecule has 28 heavy (non-hydrogen) atoms. The van der Waals surface area contributed by atoms with Crippen LogP contribution < -0.4 is 5.32 Å². The second kappa shape index (κ2) is 12.3. The number of carbonyl (C=O) groups excluding carboxylic acids is 2. The zero-order chi connectivity index (χ0) is 20.4. The van der Waals surface area contributed by atoms with Gasteiger partial charge >= 0.3 is 6.03 Å². The van der Waals surface area contributed by atoms with Gasteiger partial charge in [0.05, 0.1) is 0 Å². The number of thioether (sulfide) groups is 1. The molecule has 0 radical (unpaired) electrons. The number of amides is 3. The van der Waals surface area contributed by atoms with Crippen LogP contribution in [0.25, 0.3) is 0 Å². The monoisotopic (exact) mass is 410 g/mol. The standard InChI is InChI=1S/C21H38N4O2S/c1-4-6-8-9-10-11-12-14-16-28-21-22-18-17(25(21)15-13-7-5-2)19(26)23-20(27)24(18)3/h17-18H,4-16H2,1-3H3,(H,23,26,27). The molecule has 2 rings (SSSR count). The Morgan fingerprint density at radius 1 is 0.929 bits per heavy atom. The number of rotatable bonds is 13. The molecule has 2 aliphatic rings. The van der Waals surface area contributed by atoms with Crippen molar-refractivity contribution in [2.24, 2.45) is 4.99 Å². The zero-order valence-corrected chi connectivity index (χ0v) is 18.7. The van der Waals surface area contributed by atoms with Gasteiger partial charge in [0.1, 0.15) is 0 Å². The van der Waals surface area contributed by atoms with Crippen LogP contribution in [0, 0.1) is 0 Å². The first-order valence-electron chi connectivity index (χ1n) is 11.1. The van der Waals surface area contributed by atoms with Gasteiger partial charge in [-0.25, -0.2) is 9.79 Å². The van der Waals surface area contributed by atoms with Crippen molar-refractivity contribution in [2.45, 2.75) is 96.7 Å². The summed E-state index contributed by atoms with van der Waals surface area (Å²) in [4.78, 5) is 32.9. The molecule has 0 aromatic carbocycles. The maximum atomic E-state index is 12.5. The summed E-state index contributed by atoms with van der Waals surface area (Å²) in [5.41, 5.74) is 0. The molecule has 2 heterocycles. The van der Waals surface area contributed by atoms with Crippen molar-refractivity contribution in [1.82, 2.24) is 15.1 Å². The highest BCUT2D eigenvalue weighted by molar-refractivity contribution is 8.13. The van der Waals surface area contributed by atoms with Gasteiger partial charge in [-0.1, -0.05) is 83.4 Å². The van der Waals surface area contributed by atoms with E-state index in [0.29, 0.717) is 0 Å². The fourth-order valence-electron chi connectivity index (χ4n) is 3.79. The van der Waals surface area contributed by atoms with Crippen molar-refractivity contribution in [3.05, 3.63) is 0 Å². The van der Waals surface area contributed by atoms with Gasteiger partial charge < -0.3 is 9.80 Å². The van der Waals surface area contributed by atoms with Crippen molar-refractivity contribution in [2.75, 3.05) is 19.3 Å². The van der Waals surface area contributed by atoms with Crippen LogP contribution >= 0.6 is 11.8 Å². The molecule has 2 atom stereocenters. The number of nitrogens with zero attached hydrogens (tertiary/aromatic N) is 3. The van der Waals surface area contributed by atoms with E-state index in [0.717, 1.165) is 36.7 Å². The van der Waals surface area contributed by atoms with Crippen molar-refractivity contribution in [3.63, 3.8) is 0 Å². The molecule has 6 nitrogen and oxygen atoms in total. The fourth-order valence-corrected chi connectivity index (χ4v) is 4.87. The second-order valence-corrected chi connectivity index (χ2v) is 8.96. The molecule has 0 saturated carbocycles. The van der Waals surface area contributed by atoms with E-state index in [9.17, 15) is 9.59 Å². The molecule has 1 N–H and O–H groups in total. The Morgan fingerprint density at radius 3 is 2.21 bits per heavy atom. The van der Waals surface area contributed by atoms with Crippen LogP contribution in [0.4, 0.5) is 4.79 Å². The zero-order valence-electron chi connectivity index (χ0n) is 17.9. The van der Waals surface area contributed by atoms with E-state index in [1.54, 1.807) is 23.7 Å². The Labute approximate surface area is 174 Å². The molecule has 160 valence electrons. The molecule has 2 aliphatic heterocycles. The minimum Gasteiger partial charge on any atom is -0.336 e. The molecule has 1 saturated heterocycles. The third-order valence-electron chi connectivity index (χ3n) is 5.55. The van der Waals surface area contributed by atoms with Crippen LogP contribution in [0.2, 0.25) is 0 Å². The van der Waals surface area contributed by atoms with E-state index < -0.39 is 0 Å². The van der Waals surface area contributed by atoms with Crippen LogP contribution in [-0.4, -0.2) is 58.5 Å². The summed E-state index contributed by atoms with van der Waals surface area (Å²) in [7, 11) is 1.72. The van der Waals surface area contributed by atoms with E-state index in [4.69, 9.17) is 4.99 Å². The number of carbonyl (C=O) groups is 2. The van der Waals surface area contributed by atoms with Crippen LogP contribution in [0.1, 0.15) is 84.5 Å². The van der Waals surface area contributed by atoms with Crippen molar-refractivity contribution in [3.8, 4) is 0 Å². The van der Waals surface area contributed by atoms with Gasteiger partial charge in [-0.3, -0.25) is 10.1 Å². The normalized spacial score (nSPS) is 21.8. The van der Waals surface area contributed by atoms with Gasteiger partial charge in [0.25, 0.3) is 5.91 Å². The maximum absolute atomic E-state index is 12.5. The van der Waals surface area contributed by atoms with Gasteiger partial charge in [-0.05, 0) is 12.8 Å². The maximum Gasteiger partial charge on any atom is 0.325 e. The number of hydrogen-bond acceptors (Lipinski definition) is 5. The fraction of sp³-hybridized carbons (Fsp3) is 0.857. The number of unbranched alkanes of at least 4 members (excludes halogenated alkanes) is 9. The molecule has 0 aromatic heterocycles. The molecular weight excluding hydrogens is 372 g/mol. The van der Waals surface area contributed by atoms with Crippen LogP contribution in [0.5, 0.6) is 0 Å². The number of hydrogen-bond donors (Lipinski definition) is 1. The van der Waals surface area contributed by atoms with E-state index >= 15 is 0 Å². The Morgan fingerprint density at radius 2 is 1.54 bits per heavy atom. The van der Waals surface area contributed by atoms with E-state index in [2.05, 4.69) is 24.1 Å². The number of imide groups is 1. The lowest BCUT2D eigenvalue weighted by molar-refractivity contribution is -0.127. The van der Waals surface area contributed by atoms with Gasteiger partial charge in [-0.2, -0.15) is 0 Å². The lowest BCUT2D eigenvalue weighted by Crippen LogP contribution is -2.63. The predicted molar refractivity (Wildman–Crippen MR) is 118 cm³/mol. The number of fused-ring (bicyclic) bond motifs is 1. The SMILES string of the molecule is CCCCCCCCCCSC1=NC2C(C(=O)NC(=O)N2C)N1CCCCC. The second-order valence-electron chi connectivity index (χ2n) is 7.90.